The molecule has 1 N–H and O–H groups in total. The predicted octanol–water partition coefficient (Wildman–Crippen LogP) is 3.21. The van der Waals surface area contributed by atoms with Crippen LogP contribution >= 0.6 is 27.7 Å². The normalized spacial score (nSPS) is 20.1. The van der Waals surface area contributed by atoms with Crippen molar-refractivity contribution >= 4 is 42.5 Å². The lowest BCUT2D eigenvalue weighted by Crippen LogP contribution is -2.11. The first-order chi connectivity index (χ1) is 8.15. The zero-order valence-corrected chi connectivity index (χ0v) is 11.8. The van der Waals surface area contributed by atoms with Crippen LogP contribution in [0.2, 0.25) is 0 Å². The van der Waals surface area contributed by atoms with Crippen LogP contribution in [0.25, 0.3) is 10.9 Å². The third-order valence-electron chi connectivity index (χ3n) is 2.84. The quantitative estimate of drug-likeness (QED) is 0.879. The maximum Gasteiger partial charge on any atom is 0.161 e. The summed E-state index contributed by atoms with van der Waals surface area (Å²) in [7, 11) is 1.98. The van der Waals surface area contributed by atoms with E-state index in [0.29, 0.717) is 0 Å². The average Bonchev–Trinajstić information content (AvgIpc) is 2.83. The Morgan fingerprint density at radius 3 is 3.00 bits per heavy atom. The molecular weight excluding hydrogens is 300 g/mol. The monoisotopic (exact) mass is 310 g/mol. The summed E-state index contributed by atoms with van der Waals surface area (Å²) >= 11 is 5.13. The van der Waals surface area contributed by atoms with E-state index < -0.39 is 0 Å². The van der Waals surface area contributed by atoms with Crippen molar-refractivity contribution in [2.45, 2.75) is 12.3 Å². The van der Waals surface area contributed by atoms with Gasteiger partial charge >= 0.3 is 0 Å². The highest BCUT2D eigenvalue weighted by molar-refractivity contribution is 9.22. The fourth-order valence-electron chi connectivity index (χ4n) is 1.96. The summed E-state index contributed by atoms with van der Waals surface area (Å²) in [6, 6.07) is 6.34. The van der Waals surface area contributed by atoms with E-state index in [2.05, 4.69) is 49.4 Å². The van der Waals surface area contributed by atoms with Gasteiger partial charge in [0.2, 0.25) is 0 Å². The molecule has 2 heterocycles. The molecular formula is C11H11BrN4S. The first kappa shape index (κ1) is 11.1. The molecule has 1 unspecified atom stereocenters. The number of thioether (sulfide) groups is 1. The summed E-state index contributed by atoms with van der Waals surface area (Å²) in [6.07, 6.45) is 0. The van der Waals surface area contributed by atoms with E-state index in [0.717, 1.165) is 15.2 Å². The number of hydrogen-bond donors (Lipinski definition) is 1. The molecule has 88 valence electrons. The van der Waals surface area contributed by atoms with Crippen LogP contribution in [-0.4, -0.2) is 26.2 Å². The Morgan fingerprint density at radius 2 is 2.29 bits per heavy atom. The number of nitrogens with one attached hydrogen (secondary N) is 1. The lowest BCUT2D eigenvalue weighted by molar-refractivity contribution is 0.348. The van der Waals surface area contributed by atoms with Crippen molar-refractivity contribution in [1.29, 1.82) is 0 Å². The largest absolute Gasteiger partial charge is 0.282 e. The summed E-state index contributed by atoms with van der Waals surface area (Å²) in [5.41, 5.74) is 3.36. The fraction of sp³-hybridized carbons (Fsp3) is 0.273. The van der Waals surface area contributed by atoms with Crippen LogP contribution in [0.4, 0.5) is 0 Å². The maximum absolute atomic E-state index is 4.34. The van der Waals surface area contributed by atoms with Gasteiger partial charge in [0.1, 0.15) is 5.37 Å². The Labute approximate surface area is 112 Å². The number of hydrazone groups is 1. The molecule has 3 rings (SSSR count). The second kappa shape index (κ2) is 4.03. The van der Waals surface area contributed by atoms with Gasteiger partial charge in [-0.05, 0) is 40.5 Å². The van der Waals surface area contributed by atoms with Gasteiger partial charge in [-0.3, -0.25) is 10.1 Å². The van der Waals surface area contributed by atoms with Crippen molar-refractivity contribution < 1.29 is 0 Å². The average molecular weight is 311 g/mol. The van der Waals surface area contributed by atoms with Gasteiger partial charge in [0.15, 0.2) is 3.95 Å². The Balaban J connectivity index is 2.04. The van der Waals surface area contributed by atoms with Gasteiger partial charge in [-0.25, -0.2) is 0 Å². The van der Waals surface area contributed by atoms with Crippen LogP contribution in [0.1, 0.15) is 16.6 Å². The molecule has 1 aromatic heterocycles. The lowest BCUT2D eigenvalue weighted by atomic mass is 10.1. The Hall–Kier alpha value is -1.01. The number of aromatic amines is 1. The summed E-state index contributed by atoms with van der Waals surface area (Å²) in [5.74, 6) is 0. The van der Waals surface area contributed by atoms with Crippen LogP contribution in [0, 0.1) is 6.92 Å². The van der Waals surface area contributed by atoms with Gasteiger partial charge in [-0.15, -0.1) is 0 Å². The van der Waals surface area contributed by atoms with Crippen LogP contribution in [-0.2, 0) is 0 Å². The summed E-state index contributed by atoms with van der Waals surface area (Å²) in [4.78, 5) is 0. The molecule has 0 amide bonds. The van der Waals surface area contributed by atoms with Gasteiger partial charge in [-0.2, -0.15) is 10.2 Å². The molecule has 0 spiro atoms. The molecule has 6 heteroatoms. The SMILES string of the molecule is Cc1[nH]nc2ccc(C3SC(Br)=NN3C)cc12. The Kier molecular flexibility index (Phi) is 2.63. The molecule has 17 heavy (non-hydrogen) atoms. The number of aryl methyl sites for hydroxylation is 1. The highest BCUT2D eigenvalue weighted by atomic mass is 79.9. The molecule has 0 saturated carbocycles. The summed E-state index contributed by atoms with van der Waals surface area (Å²) in [6.45, 7) is 2.04. The highest BCUT2D eigenvalue weighted by Crippen LogP contribution is 2.40. The van der Waals surface area contributed by atoms with Crippen molar-refractivity contribution in [3.63, 3.8) is 0 Å². The first-order valence-electron chi connectivity index (χ1n) is 5.23. The van der Waals surface area contributed by atoms with Crippen molar-refractivity contribution in [2.75, 3.05) is 7.05 Å². The molecule has 0 fully saturated rings. The van der Waals surface area contributed by atoms with Crippen LogP contribution in [0.3, 0.4) is 0 Å². The number of hydrogen-bond acceptors (Lipinski definition) is 4. The lowest BCUT2D eigenvalue weighted by Gasteiger charge is -2.17. The zero-order valence-electron chi connectivity index (χ0n) is 9.44. The van der Waals surface area contributed by atoms with Crippen molar-refractivity contribution in [1.82, 2.24) is 15.2 Å². The molecule has 1 aliphatic rings. The van der Waals surface area contributed by atoms with E-state index in [1.54, 1.807) is 11.8 Å². The van der Waals surface area contributed by atoms with E-state index in [1.807, 2.05) is 19.0 Å². The summed E-state index contributed by atoms with van der Waals surface area (Å²) in [5, 5.41) is 15.0. The Bertz CT molecular complexity index is 607. The maximum atomic E-state index is 4.34. The highest BCUT2D eigenvalue weighted by Gasteiger charge is 2.25. The van der Waals surface area contributed by atoms with Crippen LogP contribution in [0.5, 0.6) is 0 Å². The van der Waals surface area contributed by atoms with Crippen LogP contribution in [0.15, 0.2) is 23.3 Å². The minimum Gasteiger partial charge on any atom is -0.282 e. The number of fused-ring (bicyclic) bond motifs is 1. The smallest absolute Gasteiger partial charge is 0.161 e. The van der Waals surface area contributed by atoms with E-state index in [4.69, 9.17) is 0 Å². The molecule has 1 aliphatic heterocycles. The molecule has 0 radical (unpaired) electrons. The third kappa shape index (κ3) is 1.85. The van der Waals surface area contributed by atoms with E-state index >= 15 is 0 Å². The minimum atomic E-state index is 0.239. The second-order valence-electron chi connectivity index (χ2n) is 4.02. The molecule has 1 atom stereocenters. The number of aromatic nitrogens is 2. The molecule has 2 aromatic rings. The molecule has 1 aromatic carbocycles. The number of halogens is 1. The molecule has 0 bridgehead atoms. The molecule has 4 nitrogen and oxygen atoms in total. The molecule has 0 aliphatic carbocycles. The van der Waals surface area contributed by atoms with Gasteiger partial charge in [-0.1, -0.05) is 17.8 Å². The Morgan fingerprint density at radius 1 is 1.47 bits per heavy atom. The van der Waals surface area contributed by atoms with E-state index in [-0.39, 0.29) is 5.37 Å². The number of rotatable bonds is 1. The van der Waals surface area contributed by atoms with Gasteiger partial charge in [0, 0.05) is 18.1 Å². The van der Waals surface area contributed by atoms with Gasteiger partial charge in [0.25, 0.3) is 0 Å². The zero-order chi connectivity index (χ0) is 12.0. The third-order valence-corrected chi connectivity index (χ3v) is 4.63. The number of H-pyrrole nitrogens is 1. The van der Waals surface area contributed by atoms with Gasteiger partial charge < -0.3 is 0 Å². The number of benzene rings is 1. The van der Waals surface area contributed by atoms with E-state index in [1.165, 1.54) is 10.9 Å². The second-order valence-corrected chi connectivity index (χ2v) is 6.37. The standard InChI is InChI=1S/C11H11BrN4S/c1-6-8-5-7(3-4-9(8)14-13-6)10-16(2)15-11(12)17-10/h3-5,10H,1-2H3,(H,13,14). The van der Waals surface area contributed by atoms with Crippen molar-refractivity contribution in [2.24, 2.45) is 5.10 Å². The minimum absolute atomic E-state index is 0.239. The van der Waals surface area contributed by atoms with Crippen molar-refractivity contribution in [3.05, 3.63) is 29.5 Å². The fourth-order valence-corrected chi connectivity index (χ4v) is 3.59. The van der Waals surface area contributed by atoms with E-state index in [9.17, 15) is 0 Å². The molecule has 0 saturated heterocycles. The first-order valence-corrected chi connectivity index (χ1v) is 6.90. The van der Waals surface area contributed by atoms with Crippen molar-refractivity contribution in [3.8, 4) is 0 Å². The summed E-state index contributed by atoms with van der Waals surface area (Å²) < 4.78 is 0.925. The van der Waals surface area contributed by atoms with Gasteiger partial charge in [0.05, 0.1) is 5.52 Å². The predicted molar refractivity (Wildman–Crippen MR) is 75.3 cm³/mol. The van der Waals surface area contributed by atoms with Crippen LogP contribution < -0.4 is 0 Å². The number of nitrogens with zero attached hydrogens (tertiary/aromatic N) is 3. The topological polar surface area (TPSA) is 44.3 Å².